The van der Waals surface area contributed by atoms with Crippen LogP contribution in [0.5, 0.6) is 0 Å². The van der Waals surface area contributed by atoms with Crippen LogP contribution in [0.25, 0.3) is 0 Å². The Balaban J connectivity index is 0.000000497. The van der Waals surface area contributed by atoms with E-state index in [1.165, 1.54) is 11.8 Å². The average Bonchev–Trinajstić information content (AvgIpc) is 2.80. The molecular weight excluding hydrogens is 434 g/mol. The second-order valence-electron chi connectivity index (χ2n) is 6.26. The molecule has 1 N–H and O–H groups in total. The minimum atomic E-state index is 0.388. The third-order valence-corrected chi connectivity index (χ3v) is 5.06. The highest BCUT2D eigenvalue weighted by Gasteiger charge is 2.06. The predicted molar refractivity (Wildman–Crippen MR) is 134 cm³/mol. The Morgan fingerprint density at radius 2 is 1.84 bits per heavy atom. The highest BCUT2D eigenvalue weighted by atomic mass is 35.5. The second-order valence-corrected chi connectivity index (χ2v) is 8.05. The molecule has 0 saturated carbocycles. The van der Waals surface area contributed by atoms with Gasteiger partial charge in [-0.2, -0.15) is 0 Å². The van der Waals surface area contributed by atoms with Gasteiger partial charge in [0.1, 0.15) is 12.1 Å². The monoisotopic (exact) mass is 467 g/mol. The molecule has 31 heavy (non-hydrogen) atoms. The lowest BCUT2D eigenvalue weighted by Gasteiger charge is -2.15. The van der Waals surface area contributed by atoms with E-state index < -0.39 is 0 Å². The first-order valence-corrected chi connectivity index (χ1v) is 11.5. The molecule has 1 aromatic heterocycles. The highest BCUT2D eigenvalue weighted by molar-refractivity contribution is 8.00. The first-order valence-electron chi connectivity index (χ1n) is 10.1. The fourth-order valence-electron chi connectivity index (χ4n) is 2.33. The van der Waals surface area contributed by atoms with Crippen molar-refractivity contribution in [3.8, 4) is 0 Å². The molecule has 0 unspecified atom stereocenters. The van der Waals surface area contributed by atoms with Crippen molar-refractivity contribution < 1.29 is 14.3 Å². The van der Waals surface area contributed by atoms with Crippen LogP contribution in [0.1, 0.15) is 53.5 Å². The Morgan fingerprint density at radius 3 is 2.32 bits per heavy atom. The molecule has 1 aromatic carbocycles. The number of benzene rings is 1. The van der Waals surface area contributed by atoms with Gasteiger partial charge in [-0.3, -0.25) is 9.59 Å². The third kappa shape index (κ3) is 11.8. The molecule has 0 saturated heterocycles. The van der Waals surface area contributed by atoms with Gasteiger partial charge in [-0.05, 0) is 55.1 Å². The number of carbonyl (C=O) groups excluding carboxylic acids is 2. The number of pyridine rings is 1. The number of aldehydes is 2. The SMILES string of the molecule is CCCc1cc(C=O)cc(NC)c1.CCOC.CCSN(C)c1cc(C=O)c(Cl)cn1. The number of hydrogen-bond acceptors (Lipinski definition) is 7. The summed E-state index contributed by atoms with van der Waals surface area (Å²) >= 11 is 7.38. The average molecular weight is 468 g/mol. The summed E-state index contributed by atoms with van der Waals surface area (Å²) < 4.78 is 6.45. The molecule has 0 amide bonds. The Labute approximate surface area is 195 Å². The van der Waals surface area contributed by atoms with Crippen molar-refractivity contribution in [1.29, 1.82) is 0 Å². The molecule has 0 bridgehead atoms. The summed E-state index contributed by atoms with van der Waals surface area (Å²) in [5.41, 5.74) is 3.44. The first kappa shape index (κ1) is 28.9. The van der Waals surface area contributed by atoms with Crippen LogP contribution in [0.2, 0.25) is 5.02 Å². The summed E-state index contributed by atoms with van der Waals surface area (Å²) in [5, 5.41) is 3.43. The minimum absolute atomic E-state index is 0.388. The molecule has 0 aliphatic heterocycles. The number of methoxy groups -OCH3 is 1. The Hall–Kier alpha value is -2.09. The lowest BCUT2D eigenvalue weighted by Crippen LogP contribution is -2.09. The van der Waals surface area contributed by atoms with Gasteiger partial charge in [0.2, 0.25) is 0 Å². The molecule has 0 fully saturated rings. The van der Waals surface area contributed by atoms with E-state index in [1.54, 1.807) is 25.1 Å². The van der Waals surface area contributed by atoms with Gasteiger partial charge in [-0.15, -0.1) is 0 Å². The number of nitrogens with one attached hydrogen (secondary N) is 1. The molecule has 0 atom stereocenters. The largest absolute Gasteiger partial charge is 0.388 e. The maximum absolute atomic E-state index is 10.6. The van der Waals surface area contributed by atoms with Crippen molar-refractivity contribution in [2.45, 2.75) is 33.6 Å². The van der Waals surface area contributed by atoms with E-state index in [2.05, 4.69) is 35.0 Å². The molecule has 2 aromatic rings. The lowest BCUT2D eigenvalue weighted by atomic mass is 10.1. The number of rotatable bonds is 9. The van der Waals surface area contributed by atoms with E-state index in [4.69, 9.17) is 11.6 Å². The van der Waals surface area contributed by atoms with Crippen LogP contribution in [0.4, 0.5) is 11.5 Å². The Morgan fingerprint density at radius 1 is 1.16 bits per heavy atom. The predicted octanol–water partition coefficient (Wildman–Crippen LogP) is 5.80. The van der Waals surface area contributed by atoms with Gasteiger partial charge >= 0.3 is 0 Å². The summed E-state index contributed by atoms with van der Waals surface area (Å²) in [6.07, 6.45) is 5.24. The molecule has 0 radical (unpaired) electrons. The quantitative estimate of drug-likeness (QED) is 0.369. The highest BCUT2D eigenvalue weighted by Crippen LogP contribution is 2.22. The topological polar surface area (TPSA) is 71.5 Å². The van der Waals surface area contributed by atoms with E-state index in [0.29, 0.717) is 10.6 Å². The fraction of sp³-hybridized carbons (Fsp3) is 0.435. The zero-order valence-corrected chi connectivity index (χ0v) is 20.8. The number of ether oxygens (including phenoxy) is 1. The second kappa shape index (κ2) is 17.6. The first-order chi connectivity index (χ1) is 14.9. The van der Waals surface area contributed by atoms with E-state index in [-0.39, 0.29) is 0 Å². The van der Waals surface area contributed by atoms with Crippen LogP contribution >= 0.6 is 23.5 Å². The molecule has 1 heterocycles. The summed E-state index contributed by atoms with van der Waals surface area (Å²) in [6, 6.07) is 7.55. The van der Waals surface area contributed by atoms with Gasteiger partial charge in [0.15, 0.2) is 6.29 Å². The molecule has 0 aliphatic rings. The molecule has 6 nitrogen and oxygen atoms in total. The van der Waals surface area contributed by atoms with Crippen molar-refractivity contribution >= 4 is 47.6 Å². The normalized spacial score (nSPS) is 9.52. The standard InChI is InChI=1S/C11H15NO.C9H11ClN2OS.C3H8O/c1-3-4-9-5-10(8-13)7-11(6-9)12-2;1-3-14-12(2)9-4-7(6-13)8(10)5-11-9;1-3-4-2/h5-8,12H,3-4H2,1-2H3;4-6H,3H2,1-2H3;3H2,1-2H3. The number of aromatic nitrogens is 1. The van der Waals surface area contributed by atoms with E-state index >= 15 is 0 Å². The number of anilines is 2. The summed E-state index contributed by atoms with van der Waals surface area (Å²) in [4.78, 5) is 25.3. The van der Waals surface area contributed by atoms with Crippen molar-refractivity contribution in [2.24, 2.45) is 0 Å². The number of carbonyl (C=O) groups is 2. The number of halogens is 1. The fourth-order valence-corrected chi connectivity index (χ4v) is 3.10. The Kier molecular flexibility index (Phi) is 16.4. The maximum Gasteiger partial charge on any atom is 0.151 e. The number of hydrogen-bond donors (Lipinski definition) is 1. The number of nitrogens with zero attached hydrogens (tertiary/aromatic N) is 2. The van der Waals surface area contributed by atoms with Crippen LogP contribution in [-0.4, -0.2) is 51.1 Å². The molecule has 172 valence electrons. The van der Waals surface area contributed by atoms with Gasteiger partial charge in [0.25, 0.3) is 0 Å². The number of aryl methyl sites for hydroxylation is 1. The van der Waals surface area contributed by atoms with Crippen LogP contribution < -0.4 is 9.62 Å². The van der Waals surface area contributed by atoms with Gasteiger partial charge < -0.3 is 14.4 Å². The van der Waals surface area contributed by atoms with E-state index in [1.807, 2.05) is 37.5 Å². The van der Waals surface area contributed by atoms with Gasteiger partial charge in [0.05, 0.1) is 5.02 Å². The van der Waals surface area contributed by atoms with Crippen molar-refractivity contribution in [2.75, 3.05) is 43.2 Å². The minimum Gasteiger partial charge on any atom is -0.388 e. The molecule has 8 heteroatoms. The zero-order valence-electron chi connectivity index (χ0n) is 19.3. The maximum atomic E-state index is 10.6. The molecular formula is C23H34ClN3O3S. The third-order valence-electron chi connectivity index (χ3n) is 3.91. The molecule has 2 rings (SSSR count). The zero-order chi connectivity index (χ0) is 23.6. The van der Waals surface area contributed by atoms with E-state index in [0.717, 1.165) is 54.8 Å². The summed E-state index contributed by atoms with van der Waals surface area (Å²) in [5.74, 6) is 1.69. The van der Waals surface area contributed by atoms with Crippen molar-refractivity contribution in [3.63, 3.8) is 0 Å². The van der Waals surface area contributed by atoms with Crippen molar-refractivity contribution in [1.82, 2.24) is 4.98 Å². The molecule has 0 aliphatic carbocycles. The smallest absolute Gasteiger partial charge is 0.151 e. The summed E-state index contributed by atoms with van der Waals surface area (Å²) in [6.45, 7) is 6.96. The lowest BCUT2D eigenvalue weighted by molar-refractivity contribution is 0.111. The van der Waals surface area contributed by atoms with Gasteiger partial charge in [0, 0.05) is 56.6 Å². The van der Waals surface area contributed by atoms with Crippen LogP contribution in [0, 0.1) is 0 Å². The van der Waals surface area contributed by atoms with Crippen LogP contribution in [0.15, 0.2) is 30.5 Å². The van der Waals surface area contributed by atoms with Crippen LogP contribution in [-0.2, 0) is 11.2 Å². The molecule has 0 spiro atoms. The van der Waals surface area contributed by atoms with Crippen molar-refractivity contribution in [3.05, 3.63) is 52.2 Å². The Bertz CT molecular complexity index is 789. The van der Waals surface area contributed by atoms with Gasteiger partial charge in [-0.25, -0.2) is 4.98 Å². The van der Waals surface area contributed by atoms with Crippen LogP contribution in [0.3, 0.4) is 0 Å². The van der Waals surface area contributed by atoms with Gasteiger partial charge in [-0.1, -0.05) is 31.9 Å². The van der Waals surface area contributed by atoms with E-state index in [9.17, 15) is 9.59 Å². The summed E-state index contributed by atoms with van der Waals surface area (Å²) in [7, 11) is 5.44.